The van der Waals surface area contributed by atoms with Gasteiger partial charge >= 0.3 is 0 Å². The molecule has 1 unspecified atom stereocenters. The van der Waals surface area contributed by atoms with E-state index in [4.69, 9.17) is 0 Å². The molecule has 146 valence electrons. The molecule has 8 heteroatoms. The summed E-state index contributed by atoms with van der Waals surface area (Å²) in [7, 11) is 0. The van der Waals surface area contributed by atoms with Crippen molar-refractivity contribution >= 4 is 41.8 Å². The maximum Gasteiger partial charge on any atom is 0.220 e. The Labute approximate surface area is 165 Å². The van der Waals surface area contributed by atoms with Gasteiger partial charge in [0.05, 0.1) is 11.0 Å². The molecule has 0 spiro atoms. The molecule has 1 aromatic carbocycles. The van der Waals surface area contributed by atoms with Gasteiger partial charge in [0, 0.05) is 19.4 Å². The lowest BCUT2D eigenvalue weighted by atomic mass is 9.84. The Balaban J connectivity index is 0.00000169. The summed E-state index contributed by atoms with van der Waals surface area (Å²) in [6.07, 6.45) is 3.51. The normalized spacial score (nSPS) is 15.8. The summed E-state index contributed by atoms with van der Waals surface area (Å²) in [5.41, 5.74) is 1.44. The predicted molar refractivity (Wildman–Crippen MR) is 107 cm³/mol. The number of halogens is 3. The number of carbonyl (C=O) groups is 1. The fourth-order valence-corrected chi connectivity index (χ4v) is 3.42. The average Bonchev–Trinajstić information content (AvgIpc) is 2.97. The third-order valence-corrected chi connectivity index (χ3v) is 4.87. The van der Waals surface area contributed by atoms with Gasteiger partial charge < -0.3 is 15.6 Å². The first-order valence-corrected chi connectivity index (χ1v) is 8.73. The molecule has 3 rings (SSSR count). The van der Waals surface area contributed by atoms with E-state index in [1.165, 1.54) is 12.1 Å². The van der Waals surface area contributed by atoms with Crippen molar-refractivity contribution in [2.45, 2.75) is 32.6 Å². The Morgan fingerprint density at radius 1 is 1.35 bits per heavy atom. The molecule has 1 aromatic heterocycles. The zero-order valence-corrected chi connectivity index (χ0v) is 16.5. The Morgan fingerprint density at radius 3 is 2.81 bits per heavy atom. The second-order valence-electron chi connectivity index (χ2n) is 6.71. The summed E-state index contributed by atoms with van der Waals surface area (Å²) in [5.74, 6) is 1.65. The van der Waals surface area contributed by atoms with Gasteiger partial charge in [0.25, 0.3) is 0 Å². The summed E-state index contributed by atoms with van der Waals surface area (Å²) >= 11 is 0. The predicted octanol–water partition coefficient (Wildman–Crippen LogP) is 3.23. The van der Waals surface area contributed by atoms with Crippen LogP contribution in [0.15, 0.2) is 18.2 Å². The first kappa shape index (κ1) is 22.7. The molecule has 1 aliphatic heterocycles. The molecule has 2 aromatic rings. The Bertz CT molecular complexity index is 704. The number of aromatic nitrogens is 2. The molecule has 1 saturated heterocycles. The number of fused-ring (bicyclic) bond motifs is 1. The van der Waals surface area contributed by atoms with Gasteiger partial charge in [-0.25, -0.2) is 9.37 Å². The minimum Gasteiger partial charge on any atom is -0.356 e. The van der Waals surface area contributed by atoms with Crippen LogP contribution in [0, 0.1) is 17.7 Å². The van der Waals surface area contributed by atoms with Crippen LogP contribution in [-0.2, 0) is 11.2 Å². The molecule has 26 heavy (non-hydrogen) atoms. The number of carbonyl (C=O) groups excluding carboxylic acids is 1. The second kappa shape index (κ2) is 10.7. The highest BCUT2D eigenvalue weighted by Gasteiger charge is 2.21. The number of aromatic amines is 1. The molecule has 0 radical (unpaired) electrons. The van der Waals surface area contributed by atoms with Gasteiger partial charge in [0.2, 0.25) is 5.91 Å². The molecule has 1 fully saturated rings. The van der Waals surface area contributed by atoms with Crippen molar-refractivity contribution in [2.75, 3.05) is 19.6 Å². The van der Waals surface area contributed by atoms with Gasteiger partial charge in [-0.05, 0) is 56.0 Å². The lowest BCUT2D eigenvalue weighted by molar-refractivity contribution is -0.122. The van der Waals surface area contributed by atoms with Crippen molar-refractivity contribution in [3.05, 3.63) is 29.8 Å². The molecule has 1 atom stereocenters. The van der Waals surface area contributed by atoms with E-state index >= 15 is 0 Å². The molecule has 1 amide bonds. The number of amides is 1. The summed E-state index contributed by atoms with van der Waals surface area (Å²) in [4.78, 5) is 19.6. The van der Waals surface area contributed by atoms with Crippen LogP contribution in [0.4, 0.5) is 4.39 Å². The highest BCUT2D eigenvalue weighted by molar-refractivity contribution is 5.85. The number of nitrogens with one attached hydrogen (secondary N) is 3. The molecule has 0 bridgehead atoms. The van der Waals surface area contributed by atoms with E-state index in [9.17, 15) is 9.18 Å². The van der Waals surface area contributed by atoms with E-state index in [-0.39, 0.29) is 36.5 Å². The van der Waals surface area contributed by atoms with E-state index in [1.807, 2.05) is 0 Å². The van der Waals surface area contributed by atoms with Gasteiger partial charge in [0.1, 0.15) is 11.6 Å². The number of piperidine rings is 1. The third kappa shape index (κ3) is 6.11. The van der Waals surface area contributed by atoms with Crippen LogP contribution >= 0.6 is 24.8 Å². The Morgan fingerprint density at radius 2 is 2.08 bits per heavy atom. The van der Waals surface area contributed by atoms with Crippen molar-refractivity contribution in [1.29, 1.82) is 0 Å². The summed E-state index contributed by atoms with van der Waals surface area (Å²) in [6, 6.07) is 4.49. The first-order chi connectivity index (χ1) is 11.6. The van der Waals surface area contributed by atoms with Gasteiger partial charge in [-0.15, -0.1) is 24.8 Å². The molecule has 0 aliphatic carbocycles. The van der Waals surface area contributed by atoms with E-state index in [0.717, 1.165) is 37.3 Å². The van der Waals surface area contributed by atoms with Crippen LogP contribution in [0.5, 0.6) is 0 Å². The highest BCUT2D eigenvalue weighted by atomic mass is 35.5. The quantitative estimate of drug-likeness (QED) is 0.691. The van der Waals surface area contributed by atoms with Crippen molar-refractivity contribution < 1.29 is 9.18 Å². The van der Waals surface area contributed by atoms with E-state index in [0.29, 0.717) is 36.7 Å². The van der Waals surface area contributed by atoms with Crippen molar-refractivity contribution in [1.82, 2.24) is 20.6 Å². The van der Waals surface area contributed by atoms with Crippen molar-refractivity contribution in [2.24, 2.45) is 11.8 Å². The molecule has 3 N–H and O–H groups in total. The standard InChI is InChI=1S/C18H25FN4O.2ClH/c1-12(13-4-7-20-8-5-13)10-18(24)21-9-6-17-22-15-3-2-14(19)11-16(15)23-17;;/h2-3,11-13,20H,4-10H2,1H3,(H,21,24)(H,22,23);2*1H. The van der Waals surface area contributed by atoms with Crippen LogP contribution in [0.3, 0.4) is 0 Å². The van der Waals surface area contributed by atoms with E-state index in [2.05, 4.69) is 27.5 Å². The summed E-state index contributed by atoms with van der Waals surface area (Å²) in [6.45, 7) is 4.83. The number of rotatable bonds is 6. The Kier molecular flexibility index (Phi) is 9.33. The molecular formula is C18H27Cl2FN4O. The van der Waals surface area contributed by atoms with Crippen LogP contribution in [0.2, 0.25) is 0 Å². The molecular weight excluding hydrogens is 378 g/mol. The summed E-state index contributed by atoms with van der Waals surface area (Å²) < 4.78 is 13.2. The SMILES string of the molecule is CC(CC(=O)NCCc1nc2ccc(F)cc2[nH]1)C1CCNCC1.Cl.Cl. The first-order valence-electron chi connectivity index (χ1n) is 8.73. The van der Waals surface area contributed by atoms with Crippen LogP contribution in [0.1, 0.15) is 32.0 Å². The monoisotopic (exact) mass is 404 g/mol. The molecule has 5 nitrogen and oxygen atoms in total. The van der Waals surface area contributed by atoms with Gasteiger partial charge in [-0.3, -0.25) is 4.79 Å². The van der Waals surface area contributed by atoms with E-state index < -0.39 is 0 Å². The minimum absolute atomic E-state index is 0. The summed E-state index contributed by atoms with van der Waals surface area (Å²) in [5, 5.41) is 6.32. The lowest BCUT2D eigenvalue weighted by Crippen LogP contribution is -2.34. The Hall–Kier alpha value is -1.37. The lowest BCUT2D eigenvalue weighted by Gasteiger charge is -2.27. The van der Waals surface area contributed by atoms with Crippen molar-refractivity contribution in [3.63, 3.8) is 0 Å². The zero-order valence-electron chi connectivity index (χ0n) is 14.9. The van der Waals surface area contributed by atoms with Gasteiger partial charge in [0.15, 0.2) is 0 Å². The fourth-order valence-electron chi connectivity index (χ4n) is 3.42. The van der Waals surface area contributed by atoms with Crippen LogP contribution < -0.4 is 10.6 Å². The van der Waals surface area contributed by atoms with Crippen LogP contribution in [0.25, 0.3) is 11.0 Å². The number of hydrogen-bond acceptors (Lipinski definition) is 3. The largest absolute Gasteiger partial charge is 0.356 e. The van der Waals surface area contributed by atoms with Crippen molar-refractivity contribution in [3.8, 4) is 0 Å². The van der Waals surface area contributed by atoms with E-state index in [1.54, 1.807) is 6.07 Å². The molecule has 0 saturated carbocycles. The highest BCUT2D eigenvalue weighted by Crippen LogP contribution is 2.24. The van der Waals surface area contributed by atoms with Gasteiger partial charge in [-0.2, -0.15) is 0 Å². The number of imidazole rings is 1. The van der Waals surface area contributed by atoms with Crippen LogP contribution in [-0.4, -0.2) is 35.5 Å². The number of hydrogen-bond donors (Lipinski definition) is 3. The molecule has 1 aliphatic rings. The maximum absolute atomic E-state index is 13.2. The maximum atomic E-state index is 13.2. The van der Waals surface area contributed by atoms with Gasteiger partial charge in [-0.1, -0.05) is 6.92 Å². The number of nitrogens with zero attached hydrogens (tertiary/aromatic N) is 1. The average molecular weight is 405 g/mol. The minimum atomic E-state index is -0.280. The number of H-pyrrole nitrogens is 1. The third-order valence-electron chi connectivity index (χ3n) is 4.87. The number of benzene rings is 1. The molecule has 2 heterocycles. The zero-order chi connectivity index (χ0) is 16.9. The topological polar surface area (TPSA) is 69.8 Å². The fraction of sp³-hybridized carbons (Fsp3) is 0.556. The second-order valence-corrected chi connectivity index (χ2v) is 6.71. The smallest absolute Gasteiger partial charge is 0.220 e.